The van der Waals surface area contributed by atoms with E-state index in [0.717, 1.165) is 18.7 Å². The molecule has 0 saturated carbocycles. The first-order valence-electron chi connectivity index (χ1n) is 9.74. The molecule has 4 heteroatoms. The van der Waals surface area contributed by atoms with E-state index in [4.69, 9.17) is 0 Å². The Morgan fingerprint density at radius 2 is 1.81 bits per heavy atom. The number of hydrogen-bond donors (Lipinski definition) is 1. The molecule has 0 bridgehead atoms. The number of fused-ring (bicyclic) bond motifs is 1. The maximum absolute atomic E-state index is 11.2. The Morgan fingerprint density at radius 1 is 1.19 bits per heavy atom. The van der Waals surface area contributed by atoms with E-state index >= 15 is 0 Å². The lowest BCUT2D eigenvalue weighted by Crippen LogP contribution is -2.57. The second-order valence-electron chi connectivity index (χ2n) is 8.22. The van der Waals surface area contributed by atoms with Crippen LogP contribution in [-0.4, -0.2) is 29.8 Å². The minimum absolute atomic E-state index is 0.0705. The Morgan fingerprint density at radius 3 is 2.37 bits per heavy atom. The third-order valence-electron chi connectivity index (χ3n) is 5.63. The van der Waals surface area contributed by atoms with Crippen molar-refractivity contribution in [3.63, 3.8) is 0 Å². The molecule has 1 N–H and O–H groups in total. The summed E-state index contributed by atoms with van der Waals surface area (Å²) in [6, 6.07) is 16.3. The molecule has 1 unspecified atom stereocenters. The van der Waals surface area contributed by atoms with Gasteiger partial charge in [0.05, 0.1) is 5.56 Å². The van der Waals surface area contributed by atoms with Gasteiger partial charge in [0.1, 0.15) is 6.17 Å². The van der Waals surface area contributed by atoms with E-state index in [1.165, 1.54) is 11.3 Å². The van der Waals surface area contributed by atoms with Crippen molar-refractivity contribution in [1.82, 2.24) is 0 Å². The average molecular weight is 367 g/mol. The average Bonchev–Trinajstić information content (AvgIpc) is 2.62. The molecule has 0 fully saturated rings. The molecular formula is C23H30N2O2. The number of nitrogens with zero attached hydrogens (tertiary/aromatic N) is 2. The molecule has 2 aromatic rings. The van der Waals surface area contributed by atoms with Gasteiger partial charge in [-0.05, 0) is 68.5 Å². The number of anilines is 2. The smallest absolute Gasteiger partial charge is 0.335 e. The Kier molecular flexibility index (Phi) is 5.18. The number of benzene rings is 2. The highest BCUT2D eigenvalue weighted by atomic mass is 16.4. The van der Waals surface area contributed by atoms with Crippen molar-refractivity contribution in [3.8, 4) is 0 Å². The molecule has 4 nitrogen and oxygen atoms in total. The van der Waals surface area contributed by atoms with Crippen LogP contribution < -0.4 is 9.80 Å². The van der Waals surface area contributed by atoms with E-state index in [1.54, 1.807) is 12.1 Å². The normalized spacial score (nSPS) is 18.3. The summed E-state index contributed by atoms with van der Waals surface area (Å²) in [4.78, 5) is 16.1. The second-order valence-corrected chi connectivity index (χ2v) is 8.22. The third kappa shape index (κ3) is 3.53. The van der Waals surface area contributed by atoms with E-state index in [0.29, 0.717) is 11.6 Å². The molecule has 0 radical (unpaired) electrons. The number of aromatic carboxylic acids is 1. The molecule has 1 heterocycles. The van der Waals surface area contributed by atoms with E-state index in [9.17, 15) is 9.90 Å². The minimum atomic E-state index is -0.888. The zero-order valence-corrected chi connectivity index (χ0v) is 16.9. The zero-order chi connectivity index (χ0) is 19.8. The summed E-state index contributed by atoms with van der Waals surface area (Å²) in [5.74, 6) is -0.888. The van der Waals surface area contributed by atoms with Gasteiger partial charge in [0.25, 0.3) is 0 Å². The van der Waals surface area contributed by atoms with Crippen LogP contribution in [0.15, 0.2) is 48.5 Å². The molecule has 1 aliphatic heterocycles. The molecule has 27 heavy (non-hydrogen) atoms. The lowest BCUT2D eigenvalue weighted by atomic mass is 9.75. The van der Waals surface area contributed by atoms with Crippen LogP contribution in [-0.2, 0) is 5.41 Å². The second kappa shape index (κ2) is 7.26. The SMILES string of the molecule is CCN(c1ccc(C(=O)O)cc1)C1CC(C)(C)c2ccccc2N1C(C)C. The Labute approximate surface area is 162 Å². The predicted octanol–water partition coefficient (Wildman–Crippen LogP) is 5.13. The van der Waals surface area contributed by atoms with Crippen LogP contribution in [0, 0.1) is 0 Å². The number of carbonyl (C=O) groups is 1. The van der Waals surface area contributed by atoms with Crippen LogP contribution in [0.2, 0.25) is 0 Å². The standard InChI is InChI=1S/C23H30N2O2/c1-6-24(18-13-11-17(12-14-18)22(26)27)21-15-23(4,5)19-9-7-8-10-20(19)25(21)16(2)3/h7-14,16,21H,6,15H2,1-5H3,(H,26,27). The quantitative estimate of drug-likeness (QED) is 0.796. The van der Waals surface area contributed by atoms with Crippen LogP contribution >= 0.6 is 0 Å². The highest BCUT2D eigenvalue weighted by Gasteiger charge is 2.40. The highest BCUT2D eigenvalue weighted by molar-refractivity contribution is 5.88. The lowest BCUT2D eigenvalue weighted by Gasteiger charge is -2.52. The van der Waals surface area contributed by atoms with Crippen LogP contribution in [0.1, 0.15) is 57.0 Å². The van der Waals surface area contributed by atoms with Crippen molar-refractivity contribution in [2.24, 2.45) is 0 Å². The summed E-state index contributed by atoms with van der Waals surface area (Å²) >= 11 is 0. The van der Waals surface area contributed by atoms with Crippen molar-refractivity contribution < 1.29 is 9.90 Å². The Balaban J connectivity index is 2.05. The first-order chi connectivity index (χ1) is 12.8. The summed E-state index contributed by atoms with van der Waals surface area (Å²) in [6.07, 6.45) is 1.23. The molecule has 144 valence electrons. The van der Waals surface area contributed by atoms with Crippen LogP contribution in [0.4, 0.5) is 11.4 Å². The largest absolute Gasteiger partial charge is 0.478 e. The van der Waals surface area contributed by atoms with E-state index in [2.05, 4.69) is 68.7 Å². The van der Waals surface area contributed by atoms with Crippen molar-refractivity contribution >= 4 is 17.3 Å². The molecule has 3 rings (SSSR count). The fourth-order valence-electron chi connectivity index (χ4n) is 4.34. The van der Waals surface area contributed by atoms with Gasteiger partial charge in [-0.15, -0.1) is 0 Å². The highest BCUT2D eigenvalue weighted by Crippen LogP contribution is 2.44. The summed E-state index contributed by atoms with van der Waals surface area (Å²) in [6.45, 7) is 12.1. The van der Waals surface area contributed by atoms with Gasteiger partial charge >= 0.3 is 5.97 Å². The first kappa shape index (κ1) is 19.3. The van der Waals surface area contributed by atoms with Gasteiger partial charge in [-0.2, -0.15) is 0 Å². The van der Waals surface area contributed by atoms with Crippen LogP contribution in [0.25, 0.3) is 0 Å². The van der Waals surface area contributed by atoms with Crippen molar-refractivity contribution in [2.45, 2.75) is 58.7 Å². The predicted molar refractivity (Wildman–Crippen MR) is 112 cm³/mol. The fourth-order valence-corrected chi connectivity index (χ4v) is 4.34. The molecule has 0 aliphatic carbocycles. The van der Waals surface area contributed by atoms with E-state index < -0.39 is 5.97 Å². The number of para-hydroxylation sites is 1. The lowest BCUT2D eigenvalue weighted by molar-refractivity contribution is 0.0697. The zero-order valence-electron chi connectivity index (χ0n) is 16.9. The van der Waals surface area contributed by atoms with E-state index in [1.807, 2.05) is 12.1 Å². The number of rotatable bonds is 5. The van der Waals surface area contributed by atoms with Gasteiger partial charge in [0, 0.05) is 24.0 Å². The van der Waals surface area contributed by atoms with Gasteiger partial charge < -0.3 is 14.9 Å². The molecule has 0 amide bonds. The molecule has 1 aliphatic rings. The molecular weight excluding hydrogens is 336 g/mol. The summed E-state index contributed by atoms with van der Waals surface area (Å²) in [7, 11) is 0. The van der Waals surface area contributed by atoms with E-state index in [-0.39, 0.29) is 11.6 Å². The first-order valence-corrected chi connectivity index (χ1v) is 9.74. The number of hydrogen-bond acceptors (Lipinski definition) is 3. The van der Waals surface area contributed by atoms with Crippen molar-refractivity contribution in [1.29, 1.82) is 0 Å². The molecule has 0 saturated heterocycles. The van der Waals surface area contributed by atoms with Crippen molar-refractivity contribution in [2.75, 3.05) is 16.3 Å². The topological polar surface area (TPSA) is 43.8 Å². The van der Waals surface area contributed by atoms with Gasteiger partial charge in [-0.25, -0.2) is 4.79 Å². The Bertz CT molecular complexity index is 811. The van der Waals surface area contributed by atoms with Gasteiger partial charge in [-0.3, -0.25) is 0 Å². The van der Waals surface area contributed by atoms with Crippen LogP contribution in [0.5, 0.6) is 0 Å². The fraction of sp³-hybridized carbons (Fsp3) is 0.435. The number of carboxylic acids is 1. The summed E-state index contributed by atoms with van der Waals surface area (Å²) in [5, 5.41) is 9.19. The summed E-state index contributed by atoms with van der Waals surface area (Å²) < 4.78 is 0. The summed E-state index contributed by atoms with van der Waals surface area (Å²) in [5.41, 5.74) is 4.15. The van der Waals surface area contributed by atoms with Gasteiger partial charge in [0.15, 0.2) is 0 Å². The monoisotopic (exact) mass is 366 g/mol. The third-order valence-corrected chi connectivity index (χ3v) is 5.63. The van der Waals surface area contributed by atoms with Crippen molar-refractivity contribution in [3.05, 3.63) is 59.7 Å². The maximum Gasteiger partial charge on any atom is 0.335 e. The molecule has 0 aromatic heterocycles. The molecule has 0 spiro atoms. The maximum atomic E-state index is 11.2. The van der Waals surface area contributed by atoms with Gasteiger partial charge in [0.2, 0.25) is 0 Å². The van der Waals surface area contributed by atoms with Gasteiger partial charge in [-0.1, -0.05) is 32.0 Å². The molecule has 2 aromatic carbocycles. The molecule has 1 atom stereocenters. The van der Waals surface area contributed by atoms with Crippen LogP contribution in [0.3, 0.4) is 0 Å². The number of carboxylic acid groups (broad SMARTS) is 1. The Hall–Kier alpha value is -2.49. The minimum Gasteiger partial charge on any atom is -0.478 e.